The average Bonchev–Trinajstić information content (AvgIpc) is 2.49. The van der Waals surface area contributed by atoms with E-state index in [9.17, 15) is 0 Å². The first kappa shape index (κ1) is 23.2. The highest BCUT2D eigenvalue weighted by atomic mass is 32.1. The Morgan fingerprint density at radius 2 is 1.40 bits per heavy atom. The number of likely N-dealkylation sites (N-methyl/N-ethyl adjacent to an activating group) is 2. The fraction of sp³-hybridized carbons (Fsp3) is 1.00. The van der Waals surface area contributed by atoms with E-state index in [0.717, 1.165) is 37.7 Å². The summed E-state index contributed by atoms with van der Waals surface area (Å²) >= 11 is 12.2. The van der Waals surface area contributed by atoms with Crippen LogP contribution in [0.2, 0.25) is 0 Å². The number of nitrogens with one attached hydrogen (secondary N) is 4. The molecule has 0 aromatic rings. The van der Waals surface area contributed by atoms with E-state index in [1.807, 2.05) is 7.05 Å². The largest absolute Gasteiger partial charge is 0.318 e. The van der Waals surface area contributed by atoms with Gasteiger partial charge in [-0.2, -0.15) is 37.9 Å². The first-order chi connectivity index (χ1) is 9.67. The zero-order valence-electron chi connectivity index (χ0n) is 13.3. The maximum atomic E-state index is 4.34. The second-order valence-electron chi connectivity index (χ2n) is 4.59. The van der Waals surface area contributed by atoms with Crippen LogP contribution in [-0.4, -0.2) is 69.1 Å². The van der Waals surface area contributed by atoms with Gasteiger partial charge in [-0.25, -0.2) is 0 Å². The van der Waals surface area contributed by atoms with Crippen LogP contribution < -0.4 is 21.3 Å². The highest BCUT2D eigenvalue weighted by molar-refractivity contribution is 7.80. The first-order valence-electron chi connectivity index (χ1n) is 7.19. The lowest BCUT2D eigenvalue weighted by Gasteiger charge is -2.23. The normalized spacial score (nSPS) is 15.2. The predicted molar refractivity (Wildman–Crippen MR) is 103 cm³/mol. The van der Waals surface area contributed by atoms with Gasteiger partial charge in [0.1, 0.15) is 0 Å². The third-order valence-corrected chi connectivity index (χ3v) is 3.69. The summed E-state index contributed by atoms with van der Waals surface area (Å²) in [5.41, 5.74) is 0. The Hall–Kier alpha value is 0.890. The van der Waals surface area contributed by atoms with Gasteiger partial charge in [0.2, 0.25) is 0 Å². The molecule has 0 radical (unpaired) electrons. The zero-order valence-corrected chi connectivity index (χ0v) is 16.0. The van der Waals surface area contributed by atoms with Gasteiger partial charge in [0.15, 0.2) is 0 Å². The van der Waals surface area contributed by atoms with E-state index in [1.165, 1.54) is 0 Å². The Bertz CT molecular complexity index is 169. The summed E-state index contributed by atoms with van der Waals surface area (Å²) < 4.78 is 0. The highest BCUT2D eigenvalue weighted by Crippen LogP contribution is 1.90. The van der Waals surface area contributed by atoms with Crippen LogP contribution in [0.3, 0.4) is 0 Å². The van der Waals surface area contributed by atoms with Crippen LogP contribution in [-0.2, 0) is 0 Å². The van der Waals surface area contributed by atoms with Gasteiger partial charge >= 0.3 is 0 Å². The minimum Gasteiger partial charge on any atom is -0.318 e. The van der Waals surface area contributed by atoms with Crippen molar-refractivity contribution in [1.82, 2.24) is 21.3 Å². The van der Waals surface area contributed by atoms with E-state index >= 15 is 0 Å². The van der Waals surface area contributed by atoms with Crippen LogP contribution in [0.1, 0.15) is 13.8 Å². The van der Waals surface area contributed by atoms with Crippen LogP contribution in [0.15, 0.2) is 0 Å². The Balaban J connectivity index is 0. The van der Waals surface area contributed by atoms with Crippen LogP contribution >= 0.6 is 37.9 Å². The van der Waals surface area contributed by atoms with E-state index in [-0.39, 0.29) is 0 Å². The number of rotatable bonds is 12. The third-order valence-electron chi connectivity index (χ3n) is 2.81. The lowest BCUT2D eigenvalue weighted by molar-refractivity contribution is 0.430. The molecule has 0 aromatic heterocycles. The number of hydrogen-bond acceptors (Lipinski definition) is 7. The fourth-order valence-corrected chi connectivity index (χ4v) is 2.21. The molecule has 124 valence electrons. The molecule has 0 aromatic carbocycles. The van der Waals surface area contributed by atoms with Gasteiger partial charge in [-0.15, -0.1) is 0 Å². The summed E-state index contributed by atoms with van der Waals surface area (Å²) in [6, 6.07) is 1.32. The van der Waals surface area contributed by atoms with Crippen molar-refractivity contribution in [3.05, 3.63) is 0 Å². The lowest BCUT2D eigenvalue weighted by atomic mass is 10.2. The van der Waals surface area contributed by atoms with Crippen LogP contribution in [0, 0.1) is 0 Å². The molecule has 0 rings (SSSR count). The van der Waals surface area contributed by atoms with Crippen molar-refractivity contribution < 1.29 is 0 Å². The van der Waals surface area contributed by atoms with E-state index in [0.29, 0.717) is 18.1 Å². The molecular weight excluding hydrogens is 308 g/mol. The van der Waals surface area contributed by atoms with Crippen LogP contribution in [0.4, 0.5) is 0 Å². The second-order valence-corrected chi connectivity index (χ2v) is 5.32. The minimum absolute atomic E-state index is 0.428. The predicted octanol–water partition coefficient (Wildman–Crippen LogP) is 0.526. The fourth-order valence-electron chi connectivity index (χ4n) is 1.70. The van der Waals surface area contributed by atoms with Gasteiger partial charge in [-0.1, -0.05) is 6.92 Å². The topological polar surface area (TPSA) is 48.1 Å². The molecule has 4 N–H and O–H groups in total. The van der Waals surface area contributed by atoms with Crippen LogP contribution in [0.25, 0.3) is 0 Å². The minimum atomic E-state index is 0.428. The molecule has 0 bridgehead atoms. The van der Waals surface area contributed by atoms with Crippen molar-refractivity contribution >= 4 is 37.9 Å². The van der Waals surface area contributed by atoms with Crippen molar-refractivity contribution in [2.24, 2.45) is 0 Å². The summed E-state index contributed by atoms with van der Waals surface area (Å²) in [4.78, 5) is 0. The molecule has 3 unspecified atom stereocenters. The van der Waals surface area contributed by atoms with Crippen molar-refractivity contribution in [2.75, 3.05) is 51.0 Å². The second kappa shape index (κ2) is 17.9. The molecule has 0 aliphatic heterocycles. The third kappa shape index (κ3) is 13.9. The van der Waals surface area contributed by atoms with Gasteiger partial charge in [0, 0.05) is 49.3 Å². The lowest BCUT2D eigenvalue weighted by Crippen LogP contribution is -2.48. The quantitative estimate of drug-likeness (QED) is 0.265. The average molecular weight is 343 g/mol. The molecule has 0 saturated heterocycles. The molecule has 0 aliphatic rings. The molecule has 0 spiro atoms. The molecule has 0 saturated carbocycles. The molecule has 0 amide bonds. The Morgan fingerprint density at radius 1 is 0.850 bits per heavy atom. The van der Waals surface area contributed by atoms with E-state index in [4.69, 9.17) is 0 Å². The Kier molecular flexibility index (Phi) is 20.8. The molecule has 4 nitrogen and oxygen atoms in total. The molecule has 0 heterocycles. The van der Waals surface area contributed by atoms with Crippen molar-refractivity contribution in [2.45, 2.75) is 32.0 Å². The van der Waals surface area contributed by atoms with Gasteiger partial charge in [-0.05, 0) is 26.8 Å². The standard InChI is InChI=1S/C12H30N4S2.CH4S/c1-4-14-12(9-18)7-15-10(2)5-16-11(8-17)6-13-3;1-2/h10-18H,4-9H2,1-3H3;2H,1H3. The zero-order chi connectivity index (χ0) is 15.8. The number of thiol groups is 3. The molecule has 20 heavy (non-hydrogen) atoms. The van der Waals surface area contributed by atoms with E-state index in [2.05, 4.69) is 73.0 Å². The van der Waals surface area contributed by atoms with Gasteiger partial charge in [0.05, 0.1) is 0 Å². The summed E-state index contributed by atoms with van der Waals surface area (Å²) in [6.45, 7) is 8.17. The monoisotopic (exact) mass is 342 g/mol. The van der Waals surface area contributed by atoms with E-state index in [1.54, 1.807) is 6.26 Å². The first-order valence-corrected chi connectivity index (χ1v) is 9.34. The Labute approximate surface area is 142 Å². The van der Waals surface area contributed by atoms with Gasteiger partial charge < -0.3 is 21.3 Å². The number of hydrogen-bond donors (Lipinski definition) is 7. The van der Waals surface area contributed by atoms with Crippen LogP contribution in [0.5, 0.6) is 0 Å². The van der Waals surface area contributed by atoms with Crippen molar-refractivity contribution in [1.29, 1.82) is 0 Å². The maximum Gasteiger partial charge on any atom is 0.0281 e. The smallest absolute Gasteiger partial charge is 0.0281 e. The van der Waals surface area contributed by atoms with Gasteiger partial charge in [0.25, 0.3) is 0 Å². The maximum absolute atomic E-state index is 4.34. The Morgan fingerprint density at radius 3 is 1.85 bits per heavy atom. The SMILES string of the molecule is CCNC(CS)CNC(C)CNC(CS)CNC.CS. The summed E-state index contributed by atoms with van der Waals surface area (Å²) in [5.74, 6) is 1.71. The molecule has 3 atom stereocenters. The van der Waals surface area contributed by atoms with E-state index < -0.39 is 0 Å². The summed E-state index contributed by atoms with van der Waals surface area (Å²) in [5, 5.41) is 13.6. The van der Waals surface area contributed by atoms with Crippen molar-refractivity contribution in [3.8, 4) is 0 Å². The molecule has 0 fully saturated rings. The van der Waals surface area contributed by atoms with Crippen molar-refractivity contribution in [3.63, 3.8) is 0 Å². The van der Waals surface area contributed by atoms with Gasteiger partial charge in [-0.3, -0.25) is 0 Å². The molecular formula is C13H34N4S3. The molecule has 0 aliphatic carbocycles. The summed E-state index contributed by atoms with van der Waals surface area (Å²) in [7, 11) is 1.97. The summed E-state index contributed by atoms with van der Waals surface area (Å²) in [6.07, 6.45) is 1.69. The highest BCUT2D eigenvalue weighted by Gasteiger charge is 2.09. The molecule has 7 heteroatoms.